The van der Waals surface area contributed by atoms with E-state index in [0.29, 0.717) is 5.95 Å². The van der Waals surface area contributed by atoms with Gasteiger partial charge in [-0.1, -0.05) is 12.1 Å². The Balaban J connectivity index is 1.39. The monoisotopic (exact) mass is 342 g/mol. The van der Waals surface area contributed by atoms with E-state index in [1.165, 1.54) is 21.9 Å². The molecule has 6 heteroatoms. The Labute approximate surface area is 144 Å². The zero-order valence-electron chi connectivity index (χ0n) is 13.2. The van der Waals surface area contributed by atoms with Crippen molar-refractivity contribution in [3.63, 3.8) is 0 Å². The third kappa shape index (κ3) is 5.11. The highest BCUT2D eigenvalue weighted by molar-refractivity contribution is 7.12. The third-order valence-corrected chi connectivity index (χ3v) is 4.59. The summed E-state index contributed by atoms with van der Waals surface area (Å²) in [6, 6.07) is 12.7. The molecule has 124 valence electrons. The number of nitrogens with one attached hydrogen (secondary N) is 2. The van der Waals surface area contributed by atoms with Crippen molar-refractivity contribution in [1.29, 1.82) is 0 Å². The first-order valence-corrected chi connectivity index (χ1v) is 8.65. The fourth-order valence-electron chi connectivity index (χ4n) is 2.26. The second kappa shape index (κ2) is 8.52. The molecule has 0 atom stereocenters. The zero-order chi connectivity index (χ0) is 16.6. The first kappa shape index (κ1) is 16.5. The van der Waals surface area contributed by atoms with Gasteiger partial charge in [0.1, 0.15) is 5.82 Å². The van der Waals surface area contributed by atoms with Gasteiger partial charge in [-0.15, -0.1) is 11.3 Å². The molecular weight excluding hydrogens is 323 g/mol. The number of halogens is 1. The molecular formula is C18H19FN4S. The van der Waals surface area contributed by atoms with Gasteiger partial charge in [-0.2, -0.15) is 0 Å². The van der Waals surface area contributed by atoms with Crippen molar-refractivity contribution in [3.05, 3.63) is 76.0 Å². The SMILES string of the molecule is Fc1ccc(CCNCc2ccc(CNc3ncccn3)s2)cc1. The van der Waals surface area contributed by atoms with Crippen LogP contribution in [0, 0.1) is 5.82 Å². The fourth-order valence-corrected chi connectivity index (χ4v) is 3.19. The molecule has 0 spiro atoms. The molecule has 3 rings (SSSR count). The normalized spacial score (nSPS) is 10.7. The fraction of sp³-hybridized carbons (Fsp3) is 0.222. The molecule has 2 heterocycles. The van der Waals surface area contributed by atoms with Gasteiger partial charge in [0.25, 0.3) is 0 Å². The number of benzene rings is 1. The minimum absolute atomic E-state index is 0.188. The number of thiophene rings is 1. The Morgan fingerprint density at radius 2 is 1.62 bits per heavy atom. The van der Waals surface area contributed by atoms with Crippen LogP contribution in [0.25, 0.3) is 0 Å². The molecule has 0 aliphatic rings. The number of nitrogens with zero attached hydrogens (tertiary/aromatic N) is 2. The van der Waals surface area contributed by atoms with Gasteiger partial charge in [-0.05, 0) is 48.9 Å². The molecule has 0 fully saturated rings. The van der Waals surface area contributed by atoms with E-state index in [4.69, 9.17) is 0 Å². The topological polar surface area (TPSA) is 49.8 Å². The molecule has 0 saturated heterocycles. The second-order valence-corrected chi connectivity index (χ2v) is 6.60. The number of aromatic nitrogens is 2. The average molecular weight is 342 g/mol. The molecule has 0 saturated carbocycles. The van der Waals surface area contributed by atoms with E-state index in [9.17, 15) is 4.39 Å². The Morgan fingerprint density at radius 3 is 2.38 bits per heavy atom. The number of anilines is 1. The molecule has 3 aromatic rings. The van der Waals surface area contributed by atoms with E-state index in [1.54, 1.807) is 29.8 Å². The molecule has 24 heavy (non-hydrogen) atoms. The summed E-state index contributed by atoms with van der Waals surface area (Å²) >= 11 is 1.77. The molecule has 2 aromatic heterocycles. The Bertz CT molecular complexity index is 743. The lowest BCUT2D eigenvalue weighted by Crippen LogP contribution is -2.15. The van der Waals surface area contributed by atoms with Crippen molar-refractivity contribution in [1.82, 2.24) is 15.3 Å². The van der Waals surface area contributed by atoms with Crippen LogP contribution >= 0.6 is 11.3 Å². The van der Waals surface area contributed by atoms with Crippen LogP contribution in [0.2, 0.25) is 0 Å². The van der Waals surface area contributed by atoms with E-state index in [-0.39, 0.29) is 5.82 Å². The van der Waals surface area contributed by atoms with Gasteiger partial charge in [0.05, 0.1) is 6.54 Å². The van der Waals surface area contributed by atoms with Crippen LogP contribution in [0.4, 0.5) is 10.3 Å². The lowest BCUT2D eigenvalue weighted by Gasteiger charge is -2.04. The van der Waals surface area contributed by atoms with E-state index < -0.39 is 0 Å². The number of hydrogen-bond acceptors (Lipinski definition) is 5. The molecule has 0 aliphatic heterocycles. The van der Waals surface area contributed by atoms with Gasteiger partial charge in [0.2, 0.25) is 5.95 Å². The van der Waals surface area contributed by atoms with Crippen molar-refractivity contribution < 1.29 is 4.39 Å². The highest BCUT2D eigenvalue weighted by Gasteiger charge is 2.01. The predicted molar refractivity (Wildman–Crippen MR) is 95.5 cm³/mol. The molecule has 0 radical (unpaired) electrons. The standard InChI is InChI=1S/C18H19FN4S/c19-15-4-2-14(3-5-15)8-11-20-12-16-6-7-17(24-16)13-23-18-21-9-1-10-22-18/h1-7,9-10,20H,8,11-13H2,(H,21,22,23). The number of hydrogen-bond donors (Lipinski definition) is 2. The first-order valence-electron chi connectivity index (χ1n) is 7.83. The summed E-state index contributed by atoms with van der Waals surface area (Å²) in [6.45, 7) is 2.44. The lowest BCUT2D eigenvalue weighted by molar-refractivity contribution is 0.626. The minimum Gasteiger partial charge on any atom is -0.349 e. The smallest absolute Gasteiger partial charge is 0.222 e. The van der Waals surface area contributed by atoms with Gasteiger partial charge in [0, 0.05) is 28.7 Å². The first-order chi connectivity index (χ1) is 11.8. The maximum atomic E-state index is 12.8. The Hall–Kier alpha value is -2.31. The van der Waals surface area contributed by atoms with Gasteiger partial charge in [0.15, 0.2) is 0 Å². The summed E-state index contributed by atoms with van der Waals surface area (Å²) in [5, 5.41) is 6.63. The molecule has 4 nitrogen and oxygen atoms in total. The summed E-state index contributed by atoms with van der Waals surface area (Å²) < 4.78 is 12.8. The van der Waals surface area contributed by atoms with Crippen LogP contribution in [0.1, 0.15) is 15.3 Å². The van der Waals surface area contributed by atoms with E-state index in [1.807, 2.05) is 12.1 Å². The summed E-state index contributed by atoms with van der Waals surface area (Å²) in [4.78, 5) is 10.8. The Kier molecular flexibility index (Phi) is 5.87. The molecule has 0 bridgehead atoms. The van der Waals surface area contributed by atoms with Crippen LogP contribution in [0.15, 0.2) is 54.9 Å². The lowest BCUT2D eigenvalue weighted by atomic mass is 10.1. The van der Waals surface area contributed by atoms with Crippen LogP contribution in [0.3, 0.4) is 0 Å². The Morgan fingerprint density at radius 1 is 0.917 bits per heavy atom. The number of rotatable bonds is 8. The summed E-state index contributed by atoms with van der Waals surface area (Å²) in [7, 11) is 0. The van der Waals surface area contributed by atoms with Crippen LogP contribution in [0.5, 0.6) is 0 Å². The molecule has 1 aromatic carbocycles. The molecule has 0 unspecified atom stereocenters. The van der Waals surface area contributed by atoms with Crippen LogP contribution < -0.4 is 10.6 Å². The molecule has 0 aliphatic carbocycles. The maximum absolute atomic E-state index is 12.8. The third-order valence-electron chi connectivity index (χ3n) is 3.51. The minimum atomic E-state index is -0.188. The maximum Gasteiger partial charge on any atom is 0.222 e. The largest absolute Gasteiger partial charge is 0.349 e. The quantitative estimate of drug-likeness (QED) is 0.614. The second-order valence-electron chi connectivity index (χ2n) is 5.35. The summed E-state index contributed by atoms with van der Waals surface area (Å²) in [6.07, 6.45) is 4.34. The average Bonchev–Trinajstić information content (AvgIpc) is 3.07. The van der Waals surface area contributed by atoms with Gasteiger partial charge in [-0.3, -0.25) is 0 Å². The molecule has 0 amide bonds. The van der Waals surface area contributed by atoms with Gasteiger partial charge < -0.3 is 10.6 Å². The van der Waals surface area contributed by atoms with E-state index >= 15 is 0 Å². The highest BCUT2D eigenvalue weighted by Crippen LogP contribution is 2.17. The van der Waals surface area contributed by atoms with Crippen molar-refractivity contribution in [2.24, 2.45) is 0 Å². The van der Waals surface area contributed by atoms with Crippen molar-refractivity contribution in [2.75, 3.05) is 11.9 Å². The highest BCUT2D eigenvalue weighted by atomic mass is 32.1. The van der Waals surface area contributed by atoms with Crippen molar-refractivity contribution >= 4 is 17.3 Å². The van der Waals surface area contributed by atoms with Crippen molar-refractivity contribution in [2.45, 2.75) is 19.5 Å². The van der Waals surface area contributed by atoms with E-state index in [2.05, 4.69) is 32.7 Å². The summed E-state index contributed by atoms with van der Waals surface area (Å²) in [5.41, 5.74) is 1.14. The zero-order valence-corrected chi connectivity index (χ0v) is 14.0. The van der Waals surface area contributed by atoms with E-state index in [0.717, 1.165) is 31.6 Å². The van der Waals surface area contributed by atoms with Gasteiger partial charge >= 0.3 is 0 Å². The van der Waals surface area contributed by atoms with Crippen LogP contribution in [-0.4, -0.2) is 16.5 Å². The molecule has 2 N–H and O–H groups in total. The van der Waals surface area contributed by atoms with Crippen molar-refractivity contribution in [3.8, 4) is 0 Å². The summed E-state index contributed by atoms with van der Waals surface area (Å²) in [5.74, 6) is 0.456. The van der Waals surface area contributed by atoms with Crippen LogP contribution in [-0.2, 0) is 19.5 Å². The predicted octanol–water partition coefficient (Wildman–Crippen LogP) is 3.62. The van der Waals surface area contributed by atoms with Gasteiger partial charge in [-0.25, -0.2) is 14.4 Å².